The molecule has 1 saturated heterocycles. The van der Waals surface area contributed by atoms with E-state index < -0.39 is 0 Å². The van der Waals surface area contributed by atoms with E-state index in [0.29, 0.717) is 30.5 Å². The summed E-state index contributed by atoms with van der Waals surface area (Å²) in [7, 11) is 0. The molecule has 0 bridgehead atoms. The Kier molecular flexibility index (Phi) is 5.20. The topological polar surface area (TPSA) is 87.9 Å². The highest BCUT2D eigenvalue weighted by atomic mass is 16.5. The van der Waals surface area contributed by atoms with Gasteiger partial charge in [-0.15, -0.1) is 0 Å². The van der Waals surface area contributed by atoms with Crippen molar-refractivity contribution in [2.24, 2.45) is 0 Å². The number of hydrogen-bond donors (Lipinski definition) is 1. The van der Waals surface area contributed by atoms with Crippen molar-refractivity contribution in [2.75, 3.05) is 13.1 Å². The Bertz CT molecular complexity index is 687. The van der Waals surface area contributed by atoms with Crippen LogP contribution in [-0.4, -0.2) is 44.2 Å². The number of nitrogens with one attached hydrogen (secondary N) is 1. The largest absolute Gasteiger partial charge is 0.342 e. The van der Waals surface area contributed by atoms with E-state index >= 15 is 0 Å². The van der Waals surface area contributed by atoms with E-state index in [9.17, 15) is 4.79 Å². The molecule has 0 radical (unpaired) electrons. The number of hydrogen-bond acceptors (Lipinski definition) is 5. The van der Waals surface area contributed by atoms with Gasteiger partial charge in [0.2, 0.25) is 11.8 Å². The van der Waals surface area contributed by atoms with Crippen LogP contribution < -0.4 is 0 Å². The second kappa shape index (κ2) is 7.37. The number of aromatic amines is 1. The van der Waals surface area contributed by atoms with Crippen LogP contribution in [0.2, 0.25) is 0 Å². The van der Waals surface area contributed by atoms with E-state index in [1.165, 1.54) is 0 Å². The van der Waals surface area contributed by atoms with Gasteiger partial charge in [0, 0.05) is 49.2 Å². The second-order valence-electron chi connectivity index (χ2n) is 7.81. The Morgan fingerprint density at radius 3 is 2.96 bits per heavy atom. The zero-order valence-electron chi connectivity index (χ0n) is 15.3. The number of rotatable bonds is 5. The summed E-state index contributed by atoms with van der Waals surface area (Å²) in [6, 6.07) is 2.00. The van der Waals surface area contributed by atoms with Gasteiger partial charge in [0.1, 0.15) is 0 Å². The highest BCUT2D eigenvalue weighted by molar-refractivity contribution is 5.76. The van der Waals surface area contributed by atoms with E-state index in [0.717, 1.165) is 38.0 Å². The van der Waals surface area contributed by atoms with Crippen LogP contribution in [0.1, 0.15) is 69.8 Å². The Morgan fingerprint density at radius 2 is 2.28 bits per heavy atom. The van der Waals surface area contributed by atoms with E-state index in [-0.39, 0.29) is 11.3 Å². The molecule has 7 nitrogen and oxygen atoms in total. The molecule has 3 rings (SSSR count). The van der Waals surface area contributed by atoms with Gasteiger partial charge in [0.15, 0.2) is 5.82 Å². The molecule has 2 aromatic rings. The zero-order valence-corrected chi connectivity index (χ0v) is 15.3. The first kappa shape index (κ1) is 17.6. The summed E-state index contributed by atoms with van der Waals surface area (Å²) < 4.78 is 5.29. The van der Waals surface area contributed by atoms with Crippen molar-refractivity contribution in [3.05, 3.63) is 29.7 Å². The molecule has 136 valence electrons. The average Bonchev–Trinajstić information content (AvgIpc) is 3.26. The number of amides is 1. The number of nitrogens with zero attached hydrogens (tertiary/aromatic N) is 4. The molecule has 1 fully saturated rings. The molecule has 2 aromatic heterocycles. The number of piperidine rings is 1. The number of carbonyl (C=O) groups is 1. The highest BCUT2D eigenvalue weighted by Gasteiger charge is 2.25. The number of aromatic nitrogens is 4. The molecular weight excluding hydrogens is 318 g/mol. The first-order valence-electron chi connectivity index (χ1n) is 9.03. The average molecular weight is 345 g/mol. The third-order valence-electron chi connectivity index (χ3n) is 4.66. The van der Waals surface area contributed by atoms with Gasteiger partial charge in [0.05, 0.1) is 0 Å². The summed E-state index contributed by atoms with van der Waals surface area (Å²) in [5, 5.41) is 11.1. The Hall–Kier alpha value is -2.18. The Morgan fingerprint density at radius 1 is 1.44 bits per heavy atom. The summed E-state index contributed by atoms with van der Waals surface area (Å²) in [4.78, 5) is 18.9. The van der Waals surface area contributed by atoms with Gasteiger partial charge in [0.25, 0.3) is 0 Å². The smallest absolute Gasteiger partial charge is 0.226 e. The van der Waals surface area contributed by atoms with Gasteiger partial charge in [-0.1, -0.05) is 25.9 Å². The summed E-state index contributed by atoms with van der Waals surface area (Å²) in [5.74, 6) is 1.91. The fourth-order valence-corrected chi connectivity index (χ4v) is 3.16. The molecule has 3 heterocycles. The molecule has 7 heteroatoms. The normalized spacial score (nSPS) is 18.5. The zero-order chi connectivity index (χ0) is 17.9. The summed E-state index contributed by atoms with van der Waals surface area (Å²) >= 11 is 0. The quantitative estimate of drug-likeness (QED) is 0.900. The third kappa shape index (κ3) is 4.46. The molecule has 1 atom stereocenters. The lowest BCUT2D eigenvalue weighted by Gasteiger charge is -2.32. The minimum atomic E-state index is -0.118. The first-order chi connectivity index (χ1) is 11.9. The number of aryl methyl sites for hydroxylation is 1. The van der Waals surface area contributed by atoms with Gasteiger partial charge in [-0.2, -0.15) is 10.1 Å². The summed E-state index contributed by atoms with van der Waals surface area (Å²) in [6.07, 6.45) is 5.80. The molecule has 0 saturated carbocycles. The van der Waals surface area contributed by atoms with Crippen molar-refractivity contribution in [1.29, 1.82) is 0 Å². The van der Waals surface area contributed by atoms with Crippen molar-refractivity contribution in [3.8, 4) is 0 Å². The minimum absolute atomic E-state index is 0.118. The molecule has 25 heavy (non-hydrogen) atoms. The third-order valence-corrected chi connectivity index (χ3v) is 4.66. The van der Waals surface area contributed by atoms with E-state index in [1.807, 2.05) is 11.0 Å². The van der Waals surface area contributed by atoms with E-state index in [4.69, 9.17) is 4.52 Å². The molecular formula is C18H27N5O2. The molecule has 1 amide bonds. The van der Waals surface area contributed by atoms with E-state index in [2.05, 4.69) is 41.1 Å². The van der Waals surface area contributed by atoms with Gasteiger partial charge < -0.3 is 9.42 Å². The lowest BCUT2D eigenvalue weighted by molar-refractivity contribution is -0.132. The maximum Gasteiger partial charge on any atom is 0.226 e. The van der Waals surface area contributed by atoms with Crippen LogP contribution in [0.3, 0.4) is 0 Å². The van der Waals surface area contributed by atoms with Crippen molar-refractivity contribution >= 4 is 5.91 Å². The monoisotopic (exact) mass is 345 g/mol. The second-order valence-corrected chi connectivity index (χ2v) is 7.81. The molecule has 0 aliphatic carbocycles. The number of likely N-dealkylation sites (tertiary alicyclic amines) is 1. The van der Waals surface area contributed by atoms with Gasteiger partial charge in [-0.25, -0.2) is 0 Å². The van der Waals surface area contributed by atoms with Crippen molar-refractivity contribution in [2.45, 2.75) is 64.2 Å². The first-order valence-corrected chi connectivity index (χ1v) is 9.03. The molecule has 1 aliphatic rings. The molecule has 1 aliphatic heterocycles. The standard InChI is InChI=1S/C18H27N5O2/c1-18(2,3)17-20-15(25-22-17)7-4-8-16(24)23-11-5-6-13(12-23)14-9-10-19-21-14/h9-10,13H,4-8,11-12H2,1-3H3,(H,19,21)/t13-/m1/s1. The molecule has 0 spiro atoms. The number of carbonyl (C=O) groups excluding carboxylic acids is 1. The SMILES string of the molecule is CC(C)(C)c1noc(CCCC(=O)N2CCC[C@@H](c3ccn[nH]3)C2)n1. The molecule has 0 aromatic carbocycles. The van der Waals surface area contributed by atoms with Crippen LogP contribution in [0.5, 0.6) is 0 Å². The van der Waals surface area contributed by atoms with Gasteiger partial charge in [-0.3, -0.25) is 9.89 Å². The fraction of sp³-hybridized carbons (Fsp3) is 0.667. The van der Waals surface area contributed by atoms with Crippen LogP contribution in [0.4, 0.5) is 0 Å². The van der Waals surface area contributed by atoms with Crippen molar-refractivity contribution < 1.29 is 9.32 Å². The highest BCUT2D eigenvalue weighted by Crippen LogP contribution is 2.26. The fourth-order valence-electron chi connectivity index (χ4n) is 3.16. The van der Waals surface area contributed by atoms with Crippen LogP contribution in [0.15, 0.2) is 16.8 Å². The van der Waals surface area contributed by atoms with Crippen molar-refractivity contribution in [1.82, 2.24) is 25.2 Å². The van der Waals surface area contributed by atoms with Crippen LogP contribution >= 0.6 is 0 Å². The predicted octanol–water partition coefficient (Wildman–Crippen LogP) is 2.82. The lowest BCUT2D eigenvalue weighted by Crippen LogP contribution is -2.39. The van der Waals surface area contributed by atoms with Crippen LogP contribution in [0.25, 0.3) is 0 Å². The Labute approximate surface area is 148 Å². The van der Waals surface area contributed by atoms with E-state index in [1.54, 1.807) is 6.20 Å². The minimum Gasteiger partial charge on any atom is -0.342 e. The van der Waals surface area contributed by atoms with Crippen molar-refractivity contribution in [3.63, 3.8) is 0 Å². The molecule has 0 unspecified atom stereocenters. The lowest BCUT2D eigenvalue weighted by atomic mass is 9.94. The summed E-state index contributed by atoms with van der Waals surface area (Å²) in [6.45, 7) is 7.78. The number of H-pyrrole nitrogens is 1. The maximum atomic E-state index is 12.5. The van der Waals surface area contributed by atoms with Gasteiger partial charge >= 0.3 is 0 Å². The molecule has 1 N–H and O–H groups in total. The Balaban J connectivity index is 1.47. The van der Waals surface area contributed by atoms with Crippen LogP contribution in [0, 0.1) is 0 Å². The predicted molar refractivity (Wildman–Crippen MR) is 93.1 cm³/mol. The maximum absolute atomic E-state index is 12.5. The summed E-state index contributed by atoms with van der Waals surface area (Å²) in [5.41, 5.74) is 1.01. The van der Waals surface area contributed by atoms with Crippen LogP contribution in [-0.2, 0) is 16.6 Å². The van der Waals surface area contributed by atoms with Gasteiger partial charge in [-0.05, 0) is 25.3 Å².